The fourth-order valence-corrected chi connectivity index (χ4v) is 1.96. The van der Waals surface area contributed by atoms with E-state index < -0.39 is 6.10 Å². The lowest BCUT2D eigenvalue weighted by Crippen LogP contribution is -2.02. The van der Waals surface area contributed by atoms with Gasteiger partial charge in [-0.2, -0.15) is 15.4 Å². The molecule has 1 unspecified atom stereocenters. The topological polar surface area (TPSA) is 71.0 Å². The molecule has 2 heterocycles. The second-order valence-corrected chi connectivity index (χ2v) is 3.73. The van der Waals surface area contributed by atoms with E-state index in [1.54, 1.807) is 0 Å². The number of fused-ring (bicyclic) bond motifs is 1. The number of aliphatic hydroxyl groups is 1. The van der Waals surface area contributed by atoms with Gasteiger partial charge in [0.05, 0.1) is 12.8 Å². The first-order chi connectivity index (χ1) is 7.86. The summed E-state index contributed by atoms with van der Waals surface area (Å²) in [5.74, 6) is 0.790. The van der Waals surface area contributed by atoms with Gasteiger partial charge in [-0.25, -0.2) is 0 Å². The number of aromatic amines is 1. The van der Waals surface area contributed by atoms with E-state index in [2.05, 4.69) is 15.4 Å². The molecule has 2 N–H and O–H groups in total. The Kier molecular flexibility index (Phi) is 2.11. The van der Waals surface area contributed by atoms with Crippen LogP contribution < -0.4 is 4.74 Å². The van der Waals surface area contributed by atoms with Crippen molar-refractivity contribution >= 4 is 0 Å². The van der Waals surface area contributed by atoms with E-state index >= 15 is 0 Å². The largest absolute Gasteiger partial charge is 0.493 e. The molecule has 1 atom stereocenters. The first-order valence-electron chi connectivity index (χ1n) is 5.14. The molecule has 1 aliphatic rings. The first-order valence-corrected chi connectivity index (χ1v) is 5.14. The Hall–Kier alpha value is -1.88. The third-order valence-corrected chi connectivity index (χ3v) is 2.75. The normalized spacial score (nSPS) is 15.6. The number of ether oxygens (including phenoxy) is 1. The number of nitrogens with zero attached hydrogens (tertiary/aromatic N) is 2. The van der Waals surface area contributed by atoms with Crippen LogP contribution in [0.2, 0.25) is 0 Å². The van der Waals surface area contributed by atoms with Crippen molar-refractivity contribution in [2.75, 3.05) is 6.61 Å². The Morgan fingerprint density at radius 1 is 1.44 bits per heavy atom. The van der Waals surface area contributed by atoms with Crippen molar-refractivity contribution < 1.29 is 9.84 Å². The number of aromatic nitrogens is 3. The highest BCUT2D eigenvalue weighted by molar-refractivity contribution is 5.46. The van der Waals surface area contributed by atoms with Crippen LogP contribution in [-0.2, 0) is 6.42 Å². The number of hydrogen-bond acceptors (Lipinski definition) is 4. The summed E-state index contributed by atoms with van der Waals surface area (Å²) in [7, 11) is 0. The van der Waals surface area contributed by atoms with Crippen LogP contribution in [0.5, 0.6) is 5.75 Å². The minimum absolute atomic E-state index is 0.504. The zero-order valence-electron chi connectivity index (χ0n) is 8.55. The summed E-state index contributed by atoms with van der Waals surface area (Å²) in [6, 6.07) is 5.79. The molecule has 3 rings (SSSR count). The number of benzene rings is 1. The van der Waals surface area contributed by atoms with Crippen LogP contribution in [0, 0.1) is 0 Å². The van der Waals surface area contributed by atoms with Gasteiger partial charge in [-0.05, 0) is 5.56 Å². The summed E-state index contributed by atoms with van der Waals surface area (Å²) < 4.78 is 5.53. The Bertz CT molecular complexity index is 496. The average Bonchev–Trinajstić information content (AvgIpc) is 2.98. The number of rotatable bonds is 2. The van der Waals surface area contributed by atoms with Gasteiger partial charge in [0.25, 0.3) is 0 Å². The van der Waals surface area contributed by atoms with Crippen LogP contribution in [-0.4, -0.2) is 27.1 Å². The van der Waals surface area contributed by atoms with Crippen molar-refractivity contribution in [2.24, 2.45) is 0 Å². The summed E-state index contributed by atoms with van der Waals surface area (Å²) in [5.41, 5.74) is 2.40. The Labute approximate surface area is 92.1 Å². The molecule has 0 bridgehead atoms. The maximum atomic E-state index is 10.1. The molecule has 82 valence electrons. The second kappa shape index (κ2) is 3.61. The monoisotopic (exact) mass is 217 g/mol. The predicted molar refractivity (Wildman–Crippen MR) is 56.1 cm³/mol. The summed E-state index contributed by atoms with van der Waals surface area (Å²) in [6.45, 7) is 0.678. The molecule has 0 saturated heterocycles. The lowest BCUT2D eigenvalue weighted by molar-refractivity contribution is 0.209. The van der Waals surface area contributed by atoms with E-state index in [0.29, 0.717) is 12.3 Å². The minimum atomic E-state index is -0.785. The highest BCUT2D eigenvalue weighted by Gasteiger charge is 2.22. The van der Waals surface area contributed by atoms with Crippen LogP contribution in [0.25, 0.3) is 0 Å². The lowest BCUT2D eigenvalue weighted by atomic mass is 10.0. The predicted octanol–water partition coefficient (Wildman–Crippen LogP) is 0.821. The van der Waals surface area contributed by atoms with Gasteiger partial charge in [0.15, 0.2) is 0 Å². The lowest BCUT2D eigenvalue weighted by Gasteiger charge is -2.11. The fourth-order valence-electron chi connectivity index (χ4n) is 1.96. The van der Waals surface area contributed by atoms with E-state index in [1.807, 2.05) is 18.2 Å². The molecule has 1 aliphatic heterocycles. The number of nitrogens with one attached hydrogen (secondary N) is 1. The van der Waals surface area contributed by atoms with E-state index in [0.717, 1.165) is 23.3 Å². The van der Waals surface area contributed by atoms with Gasteiger partial charge in [0.2, 0.25) is 0 Å². The average molecular weight is 217 g/mol. The molecule has 0 saturated carbocycles. The zero-order valence-corrected chi connectivity index (χ0v) is 8.55. The summed E-state index contributed by atoms with van der Waals surface area (Å²) in [6.07, 6.45) is 1.63. The molecule has 5 heteroatoms. The molecule has 2 aromatic rings. The van der Waals surface area contributed by atoms with Gasteiger partial charge in [-0.3, -0.25) is 0 Å². The quantitative estimate of drug-likeness (QED) is 0.781. The van der Waals surface area contributed by atoms with Gasteiger partial charge in [0.1, 0.15) is 17.5 Å². The zero-order chi connectivity index (χ0) is 11.0. The van der Waals surface area contributed by atoms with E-state index in [9.17, 15) is 5.11 Å². The summed E-state index contributed by atoms with van der Waals surface area (Å²) in [5, 5.41) is 20.2. The first kappa shape index (κ1) is 9.35. The maximum Gasteiger partial charge on any atom is 0.128 e. The van der Waals surface area contributed by atoms with Crippen LogP contribution in [0.15, 0.2) is 24.4 Å². The van der Waals surface area contributed by atoms with Crippen molar-refractivity contribution in [3.05, 3.63) is 41.2 Å². The van der Waals surface area contributed by atoms with Gasteiger partial charge in [0, 0.05) is 12.0 Å². The van der Waals surface area contributed by atoms with E-state index in [1.165, 1.54) is 6.20 Å². The molecule has 0 radical (unpaired) electrons. The SMILES string of the molecule is OC(c1cn[nH]n1)c1cccc2c1OCC2. The molecule has 5 nitrogen and oxygen atoms in total. The molecule has 0 spiro atoms. The van der Waals surface area contributed by atoms with Crippen LogP contribution >= 0.6 is 0 Å². The number of aliphatic hydroxyl groups excluding tert-OH is 1. The third-order valence-electron chi connectivity index (χ3n) is 2.75. The number of para-hydroxylation sites is 1. The molecular weight excluding hydrogens is 206 g/mol. The Balaban J connectivity index is 2.04. The smallest absolute Gasteiger partial charge is 0.128 e. The summed E-state index contributed by atoms with van der Waals surface area (Å²) >= 11 is 0. The second-order valence-electron chi connectivity index (χ2n) is 3.73. The molecule has 1 aromatic carbocycles. The van der Waals surface area contributed by atoms with Crippen molar-refractivity contribution in [1.29, 1.82) is 0 Å². The highest BCUT2D eigenvalue weighted by atomic mass is 16.5. The summed E-state index contributed by atoms with van der Waals surface area (Å²) in [4.78, 5) is 0. The van der Waals surface area contributed by atoms with Crippen LogP contribution in [0.1, 0.15) is 22.9 Å². The molecule has 0 aliphatic carbocycles. The van der Waals surface area contributed by atoms with Gasteiger partial charge < -0.3 is 9.84 Å². The van der Waals surface area contributed by atoms with Gasteiger partial charge in [-0.15, -0.1) is 0 Å². The highest BCUT2D eigenvalue weighted by Crippen LogP contribution is 2.35. The Morgan fingerprint density at radius 2 is 2.38 bits per heavy atom. The van der Waals surface area contributed by atoms with E-state index in [4.69, 9.17) is 4.74 Å². The van der Waals surface area contributed by atoms with Crippen LogP contribution in [0.4, 0.5) is 0 Å². The van der Waals surface area contributed by atoms with Crippen molar-refractivity contribution in [3.63, 3.8) is 0 Å². The van der Waals surface area contributed by atoms with Crippen molar-refractivity contribution in [2.45, 2.75) is 12.5 Å². The van der Waals surface area contributed by atoms with Gasteiger partial charge in [-0.1, -0.05) is 18.2 Å². The molecule has 1 aromatic heterocycles. The standard InChI is InChI=1S/C11H11N3O2/c15-10(9-6-12-14-13-9)8-3-1-2-7-4-5-16-11(7)8/h1-3,6,10,15H,4-5H2,(H,12,13,14). The molecule has 0 amide bonds. The Morgan fingerprint density at radius 3 is 3.19 bits per heavy atom. The fraction of sp³-hybridized carbons (Fsp3) is 0.273. The third kappa shape index (κ3) is 1.37. The minimum Gasteiger partial charge on any atom is -0.493 e. The number of hydrogen-bond donors (Lipinski definition) is 2. The van der Waals surface area contributed by atoms with Crippen LogP contribution in [0.3, 0.4) is 0 Å². The van der Waals surface area contributed by atoms with Crippen molar-refractivity contribution in [3.8, 4) is 5.75 Å². The van der Waals surface area contributed by atoms with E-state index in [-0.39, 0.29) is 0 Å². The van der Waals surface area contributed by atoms with Gasteiger partial charge >= 0.3 is 0 Å². The van der Waals surface area contributed by atoms with Crippen molar-refractivity contribution in [1.82, 2.24) is 15.4 Å². The maximum absolute atomic E-state index is 10.1. The molecule has 0 fully saturated rings. The molecule has 16 heavy (non-hydrogen) atoms. The molecular formula is C11H11N3O2. The number of H-pyrrole nitrogens is 1.